The van der Waals surface area contributed by atoms with E-state index in [1.807, 2.05) is 0 Å². The van der Waals surface area contributed by atoms with Crippen LogP contribution in [-0.4, -0.2) is 12.5 Å². The van der Waals surface area contributed by atoms with Crippen LogP contribution in [0.5, 0.6) is 0 Å². The molecule has 1 aromatic rings. The van der Waals surface area contributed by atoms with Gasteiger partial charge in [-0.25, -0.2) is 4.39 Å². The number of rotatable bonds is 3. The maximum atomic E-state index is 13.2. The van der Waals surface area contributed by atoms with Crippen molar-refractivity contribution in [2.75, 3.05) is 6.54 Å². The van der Waals surface area contributed by atoms with Gasteiger partial charge in [0.25, 0.3) is 0 Å². The first-order chi connectivity index (χ1) is 7.00. The lowest BCUT2D eigenvalue weighted by Gasteiger charge is -2.06. The van der Waals surface area contributed by atoms with Gasteiger partial charge in [0.2, 0.25) is 5.91 Å². The van der Waals surface area contributed by atoms with E-state index in [1.165, 1.54) is 13.0 Å². The Morgan fingerprint density at radius 1 is 1.53 bits per heavy atom. The van der Waals surface area contributed by atoms with Crippen LogP contribution in [-0.2, 0) is 11.2 Å². The Morgan fingerprint density at radius 2 is 2.20 bits per heavy atom. The van der Waals surface area contributed by atoms with Crippen molar-refractivity contribution in [3.8, 4) is 0 Å². The Balaban J connectivity index is 2.69. The van der Waals surface area contributed by atoms with E-state index >= 15 is 0 Å². The summed E-state index contributed by atoms with van der Waals surface area (Å²) < 4.78 is 13.2. The molecule has 82 valence electrons. The molecule has 0 aliphatic heterocycles. The third-order valence-electron chi connectivity index (χ3n) is 2.10. The van der Waals surface area contributed by atoms with Crippen molar-refractivity contribution < 1.29 is 9.18 Å². The van der Waals surface area contributed by atoms with Crippen LogP contribution in [0.2, 0.25) is 5.02 Å². The predicted molar refractivity (Wildman–Crippen MR) is 58.5 cm³/mol. The fraction of sp³-hybridized carbons (Fsp3) is 0.364. The molecule has 0 aliphatic rings. The van der Waals surface area contributed by atoms with Crippen molar-refractivity contribution in [2.24, 2.45) is 0 Å². The number of carbonyl (C=O) groups excluding carboxylic acids is 1. The molecular formula is C11H13ClFNO. The summed E-state index contributed by atoms with van der Waals surface area (Å²) in [6, 6.07) is 3.01. The van der Waals surface area contributed by atoms with E-state index in [2.05, 4.69) is 5.32 Å². The normalized spacial score (nSPS) is 10.1. The number of carbonyl (C=O) groups is 1. The van der Waals surface area contributed by atoms with Crippen molar-refractivity contribution in [3.63, 3.8) is 0 Å². The van der Waals surface area contributed by atoms with Gasteiger partial charge in [-0.2, -0.15) is 0 Å². The van der Waals surface area contributed by atoms with Crippen molar-refractivity contribution in [2.45, 2.75) is 20.3 Å². The van der Waals surface area contributed by atoms with E-state index in [-0.39, 0.29) is 11.7 Å². The zero-order valence-electron chi connectivity index (χ0n) is 8.73. The number of nitrogens with one attached hydrogen (secondary N) is 1. The Morgan fingerprint density at radius 3 is 2.80 bits per heavy atom. The average Bonchev–Trinajstić information content (AvgIpc) is 2.13. The fourth-order valence-corrected chi connectivity index (χ4v) is 1.56. The molecule has 1 N–H and O–H groups in total. The molecule has 1 aromatic carbocycles. The van der Waals surface area contributed by atoms with Gasteiger partial charge in [-0.1, -0.05) is 11.6 Å². The largest absolute Gasteiger partial charge is 0.356 e. The van der Waals surface area contributed by atoms with Gasteiger partial charge in [-0.15, -0.1) is 0 Å². The first-order valence-corrected chi connectivity index (χ1v) is 5.07. The van der Waals surface area contributed by atoms with Gasteiger partial charge in [-0.05, 0) is 36.6 Å². The number of amides is 1. The SMILES string of the molecule is CC(=O)NCCc1cc(F)c(C)cc1Cl. The maximum Gasteiger partial charge on any atom is 0.216 e. The Hall–Kier alpha value is -1.09. The molecule has 4 heteroatoms. The van der Waals surface area contributed by atoms with E-state index in [4.69, 9.17) is 11.6 Å². The van der Waals surface area contributed by atoms with Gasteiger partial charge in [0.05, 0.1) is 0 Å². The summed E-state index contributed by atoms with van der Waals surface area (Å²) in [5, 5.41) is 3.18. The van der Waals surface area contributed by atoms with Crippen LogP contribution in [0.1, 0.15) is 18.1 Å². The van der Waals surface area contributed by atoms with Crippen LogP contribution in [0.25, 0.3) is 0 Å². The molecule has 0 saturated heterocycles. The topological polar surface area (TPSA) is 29.1 Å². The smallest absolute Gasteiger partial charge is 0.216 e. The number of hydrogen-bond donors (Lipinski definition) is 1. The molecule has 0 fully saturated rings. The monoisotopic (exact) mass is 229 g/mol. The van der Waals surface area contributed by atoms with E-state index < -0.39 is 0 Å². The molecule has 1 rings (SSSR count). The van der Waals surface area contributed by atoms with Gasteiger partial charge in [0, 0.05) is 18.5 Å². The zero-order valence-corrected chi connectivity index (χ0v) is 9.49. The molecule has 0 bridgehead atoms. The number of halogens is 2. The zero-order chi connectivity index (χ0) is 11.4. The Kier molecular flexibility index (Phi) is 4.09. The highest BCUT2D eigenvalue weighted by Gasteiger charge is 2.05. The summed E-state index contributed by atoms with van der Waals surface area (Å²) in [6.07, 6.45) is 0.537. The highest BCUT2D eigenvalue weighted by Crippen LogP contribution is 2.20. The van der Waals surface area contributed by atoms with Gasteiger partial charge in [0.1, 0.15) is 5.82 Å². The van der Waals surface area contributed by atoms with Crippen LogP contribution >= 0.6 is 11.6 Å². The average molecular weight is 230 g/mol. The minimum absolute atomic E-state index is 0.0984. The summed E-state index contributed by atoms with van der Waals surface area (Å²) in [7, 11) is 0. The molecule has 15 heavy (non-hydrogen) atoms. The molecule has 0 atom stereocenters. The highest BCUT2D eigenvalue weighted by molar-refractivity contribution is 6.31. The van der Waals surface area contributed by atoms with Gasteiger partial charge in [-0.3, -0.25) is 4.79 Å². The third-order valence-corrected chi connectivity index (χ3v) is 2.45. The lowest BCUT2D eigenvalue weighted by molar-refractivity contribution is -0.118. The summed E-state index contributed by atoms with van der Waals surface area (Å²) in [5.74, 6) is -0.365. The lowest BCUT2D eigenvalue weighted by atomic mass is 10.1. The molecule has 0 saturated carbocycles. The van der Waals surface area contributed by atoms with Crippen LogP contribution in [0.3, 0.4) is 0 Å². The second-order valence-corrected chi connectivity index (χ2v) is 3.83. The van der Waals surface area contributed by atoms with E-state index in [0.29, 0.717) is 29.1 Å². The molecular weight excluding hydrogens is 217 g/mol. The van der Waals surface area contributed by atoms with E-state index in [1.54, 1.807) is 13.0 Å². The molecule has 1 amide bonds. The molecule has 0 unspecified atom stereocenters. The number of aryl methyl sites for hydroxylation is 1. The number of benzene rings is 1. The van der Waals surface area contributed by atoms with E-state index in [9.17, 15) is 9.18 Å². The van der Waals surface area contributed by atoms with Crippen molar-refractivity contribution >= 4 is 17.5 Å². The fourth-order valence-electron chi connectivity index (χ4n) is 1.25. The maximum absolute atomic E-state index is 13.2. The van der Waals surface area contributed by atoms with Gasteiger partial charge in [0.15, 0.2) is 0 Å². The van der Waals surface area contributed by atoms with Crippen LogP contribution in [0.15, 0.2) is 12.1 Å². The Bertz CT molecular complexity index is 379. The molecule has 2 nitrogen and oxygen atoms in total. The predicted octanol–water partition coefficient (Wildman–Crippen LogP) is 2.47. The minimum atomic E-state index is -0.266. The first kappa shape index (κ1) is 12.0. The van der Waals surface area contributed by atoms with Crippen molar-refractivity contribution in [1.29, 1.82) is 0 Å². The highest BCUT2D eigenvalue weighted by atomic mass is 35.5. The molecule has 0 spiro atoms. The minimum Gasteiger partial charge on any atom is -0.356 e. The number of hydrogen-bond acceptors (Lipinski definition) is 1. The van der Waals surface area contributed by atoms with Crippen LogP contribution < -0.4 is 5.32 Å². The first-order valence-electron chi connectivity index (χ1n) is 4.69. The Labute approximate surface area is 93.4 Å². The summed E-state index contributed by atoms with van der Waals surface area (Å²) >= 11 is 5.94. The second kappa shape index (κ2) is 5.12. The summed E-state index contributed by atoms with van der Waals surface area (Å²) in [4.78, 5) is 10.6. The van der Waals surface area contributed by atoms with Crippen LogP contribution in [0, 0.1) is 12.7 Å². The molecule has 0 heterocycles. The van der Waals surface area contributed by atoms with Crippen molar-refractivity contribution in [3.05, 3.63) is 34.1 Å². The molecule has 0 radical (unpaired) electrons. The molecule has 0 aliphatic carbocycles. The summed E-state index contributed by atoms with van der Waals surface area (Å²) in [6.45, 7) is 3.58. The second-order valence-electron chi connectivity index (χ2n) is 3.43. The van der Waals surface area contributed by atoms with Gasteiger partial charge >= 0.3 is 0 Å². The standard InChI is InChI=1S/C11H13ClFNO/c1-7-5-10(12)9(6-11(7)13)3-4-14-8(2)15/h5-6H,3-4H2,1-2H3,(H,14,15). The van der Waals surface area contributed by atoms with Gasteiger partial charge < -0.3 is 5.32 Å². The van der Waals surface area contributed by atoms with Crippen molar-refractivity contribution in [1.82, 2.24) is 5.32 Å². The molecule has 0 aromatic heterocycles. The quantitative estimate of drug-likeness (QED) is 0.848. The summed E-state index contributed by atoms with van der Waals surface area (Å²) in [5.41, 5.74) is 1.25. The van der Waals surface area contributed by atoms with Crippen LogP contribution in [0.4, 0.5) is 4.39 Å². The third kappa shape index (κ3) is 3.51. The lowest BCUT2D eigenvalue weighted by Crippen LogP contribution is -2.22. The van der Waals surface area contributed by atoms with E-state index in [0.717, 1.165) is 0 Å².